The number of aromatic hydroxyl groups is 1. The lowest BCUT2D eigenvalue weighted by molar-refractivity contribution is 0.103. The van der Waals surface area contributed by atoms with Gasteiger partial charge in [-0.05, 0) is 60.2 Å². The van der Waals surface area contributed by atoms with Crippen molar-refractivity contribution in [2.75, 3.05) is 7.11 Å². The topological polar surface area (TPSA) is 46.5 Å². The zero-order chi connectivity index (χ0) is 20.7. The van der Waals surface area contributed by atoms with Crippen LogP contribution in [0, 0.1) is 0 Å². The number of phenols is 1. The van der Waals surface area contributed by atoms with Crippen molar-refractivity contribution < 1.29 is 14.6 Å². The minimum Gasteiger partial charge on any atom is -0.508 e. The first kappa shape index (κ1) is 18.4. The SMILES string of the molecule is COc1ccc(C(=O)c2ccc3sc4ccccc4c3c2-c2ccc(O)cc2)cc1. The van der Waals surface area contributed by atoms with Crippen LogP contribution in [0.15, 0.2) is 84.9 Å². The van der Waals surface area contributed by atoms with E-state index in [0.29, 0.717) is 16.9 Å². The average Bonchev–Trinajstić information content (AvgIpc) is 3.17. The summed E-state index contributed by atoms with van der Waals surface area (Å²) in [7, 11) is 1.61. The Bertz CT molecular complexity index is 1380. The van der Waals surface area contributed by atoms with Crippen LogP contribution in [0.2, 0.25) is 0 Å². The molecule has 0 aliphatic rings. The van der Waals surface area contributed by atoms with E-state index in [1.165, 1.54) is 4.70 Å². The molecule has 0 bridgehead atoms. The summed E-state index contributed by atoms with van der Waals surface area (Å²) in [4.78, 5) is 13.5. The quantitative estimate of drug-likeness (QED) is 0.337. The summed E-state index contributed by atoms with van der Waals surface area (Å²) in [5.41, 5.74) is 3.04. The molecule has 0 spiro atoms. The molecule has 1 heterocycles. The molecule has 3 nitrogen and oxygen atoms in total. The molecule has 0 atom stereocenters. The Balaban J connectivity index is 1.80. The third kappa shape index (κ3) is 3.02. The number of methoxy groups -OCH3 is 1. The van der Waals surface area contributed by atoms with Crippen LogP contribution in [0.25, 0.3) is 31.3 Å². The maximum Gasteiger partial charge on any atom is 0.193 e. The number of ketones is 1. The fraction of sp³-hybridized carbons (Fsp3) is 0.0385. The van der Waals surface area contributed by atoms with Crippen molar-refractivity contribution in [3.63, 3.8) is 0 Å². The van der Waals surface area contributed by atoms with E-state index in [-0.39, 0.29) is 11.5 Å². The number of carbonyl (C=O) groups excluding carboxylic acids is 1. The van der Waals surface area contributed by atoms with Crippen molar-refractivity contribution in [2.45, 2.75) is 0 Å². The molecular formula is C26H18O3S. The smallest absolute Gasteiger partial charge is 0.193 e. The largest absolute Gasteiger partial charge is 0.508 e. The van der Waals surface area contributed by atoms with Gasteiger partial charge in [0.2, 0.25) is 0 Å². The van der Waals surface area contributed by atoms with Crippen molar-refractivity contribution in [3.8, 4) is 22.6 Å². The average molecular weight is 410 g/mol. The zero-order valence-corrected chi connectivity index (χ0v) is 17.1. The molecule has 146 valence electrons. The molecule has 1 aromatic heterocycles. The zero-order valence-electron chi connectivity index (χ0n) is 16.3. The van der Waals surface area contributed by atoms with E-state index < -0.39 is 0 Å². The molecule has 0 saturated heterocycles. The van der Waals surface area contributed by atoms with Gasteiger partial charge in [0.15, 0.2) is 5.78 Å². The Morgan fingerprint density at radius 1 is 0.833 bits per heavy atom. The summed E-state index contributed by atoms with van der Waals surface area (Å²) in [5.74, 6) is 0.867. The summed E-state index contributed by atoms with van der Waals surface area (Å²) < 4.78 is 7.53. The second-order valence-electron chi connectivity index (χ2n) is 7.06. The van der Waals surface area contributed by atoms with Gasteiger partial charge in [-0.2, -0.15) is 0 Å². The maximum absolute atomic E-state index is 13.5. The van der Waals surface area contributed by atoms with Gasteiger partial charge in [0.05, 0.1) is 7.11 Å². The number of benzene rings is 4. The van der Waals surface area contributed by atoms with Crippen LogP contribution in [0.5, 0.6) is 11.5 Å². The third-order valence-corrected chi connectivity index (χ3v) is 6.43. The van der Waals surface area contributed by atoms with Crippen LogP contribution in [0.3, 0.4) is 0 Å². The van der Waals surface area contributed by atoms with Crippen LogP contribution in [0.1, 0.15) is 15.9 Å². The molecular weight excluding hydrogens is 392 g/mol. The number of carbonyl (C=O) groups is 1. The lowest BCUT2D eigenvalue weighted by Gasteiger charge is -2.12. The molecule has 0 radical (unpaired) electrons. The Labute approximate surface area is 177 Å². The van der Waals surface area contributed by atoms with Gasteiger partial charge < -0.3 is 9.84 Å². The van der Waals surface area contributed by atoms with Gasteiger partial charge in [0.1, 0.15) is 11.5 Å². The number of thiophene rings is 1. The summed E-state index contributed by atoms with van der Waals surface area (Å²) >= 11 is 1.72. The highest BCUT2D eigenvalue weighted by Crippen LogP contribution is 2.42. The van der Waals surface area contributed by atoms with Crippen molar-refractivity contribution in [3.05, 3.63) is 96.1 Å². The van der Waals surface area contributed by atoms with Gasteiger partial charge in [-0.3, -0.25) is 4.79 Å². The van der Waals surface area contributed by atoms with Crippen LogP contribution in [-0.2, 0) is 0 Å². The maximum atomic E-state index is 13.5. The number of fused-ring (bicyclic) bond motifs is 3. The highest BCUT2D eigenvalue weighted by molar-refractivity contribution is 7.26. The Morgan fingerprint density at radius 2 is 1.57 bits per heavy atom. The monoisotopic (exact) mass is 410 g/mol. The third-order valence-electron chi connectivity index (χ3n) is 5.30. The highest BCUT2D eigenvalue weighted by Gasteiger charge is 2.20. The summed E-state index contributed by atoms with van der Waals surface area (Å²) in [6, 6.07) is 26.4. The Hall–Kier alpha value is -3.63. The van der Waals surface area contributed by atoms with Crippen LogP contribution < -0.4 is 4.74 Å². The Kier molecular flexibility index (Phi) is 4.49. The minimum absolute atomic E-state index is 0.0436. The van der Waals surface area contributed by atoms with Gasteiger partial charge in [-0.15, -0.1) is 11.3 Å². The Morgan fingerprint density at radius 3 is 2.30 bits per heavy atom. The molecule has 0 aliphatic heterocycles. The molecule has 0 fully saturated rings. The highest BCUT2D eigenvalue weighted by atomic mass is 32.1. The molecule has 1 N–H and O–H groups in total. The van der Waals surface area contributed by atoms with E-state index in [9.17, 15) is 9.90 Å². The van der Waals surface area contributed by atoms with Gasteiger partial charge in [-0.25, -0.2) is 0 Å². The van der Waals surface area contributed by atoms with Crippen LogP contribution in [-0.4, -0.2) is 18.0 Å². The lowest BCUT2D eigenvalue weighted by atomic mass is 9.90. The predicted octanol–water partition coefficient (Wildman–Crippen LogP) is 6.67. The van der Waals surface area contributed by atoms with E-state index in [1.807, 2.05) is 36.4 Å². The van der Waals surface area contributed by atoms with E-state index in [0.717, 1.165) is 26.6 Å². The molecule has 5 aromatic rings. The molecule has 30 heavy (non-hydrogen) atoms. The fourth-order valence-electron chi connectivity index (χ4n) is 3.83. The minimum atomic E-state index is -0.0436. The lowest BCUT2D eigenvalue weighted by Crippen LogP contribution is -2.04. The molecule has 4 aromatic carbocycles. The molecule has 0 unspecified atom stereocenters. The molecule has 0 amide bonds. The van der Waals surface area contributed by atoms with Gasteiger partial charge >= 0.3 is 0 Å². The molecule has 4 heteroatoms. The number of phenolic OH excluding ortho intramolecular Hbond substituents is 1. The van der Waals surface area contributed by atoms with Crippen LogP contribution in [0.4, 0.5) is 0 Å². The van der Waals surface area contributed by atoms with Crippen LogP contribution >= 0.6 is 11.3 Å². The van der Waals surface area contributed by atoms with E-state index in [4.69, 9.17) is 4.74 Å². The van der Waals surface area contributed by atoms with Gasteiger partial charge in [0, 0.05) is 36.9 Å². The number of hydrogen-bond donors (Lipinski definition) is 1. The van der Waals surface area contributed by atoms with Crippen molar-refractivity contribution in [2.24, 2.45) is 0 Å². The van der Waals surface area contributed by atoms with Crippen molar-refractivity contribution in [1.82, 2.24) is 0 Å². The van der Waals surface area contributed by atoms with Crippen molar-refractivity contribution >= 4 is 37.3 Å². The first-order valence-corrected chi connectivity index (χ1v) is 10.4. The summed E-state index contributed by atoms with van der Waals surface area (Å²) in [5, 5.41) is 12.0. The van der Waals surface area contributed by atoms with E-state index >= 15 is 0 Å². The first-order chi connectivity index (χ1) is 14.7. The predicted molar refractivity (Wildman–Crippen MR) is 123 cm³/mol. The molecule has 0 saturated carbocycles. The van der Waals surface area contributed by atoms with Gasteiger partial charge in [-0.1, -0.05) is 30.3 Å². The number of hydrogen-bond acceptors (Lipinski definition) is 4. The molecule has 0 aliphatic carbocycles. The number of ether oxygens (including phenoxy) is 1. The van der Waals surface area contributed by atoms with E-state index in [2.05, 4.69) is 12.1 Å². The normalized spacial score (nSPS) is 11.1. The second-order valence-corrected chi connectivity index (χ2v) is 8.15. The van der Waals surface area contributed by atoms with Crippen molar-refractivity contribution in [1.29, 1.82) is 0 Å². The second kappa shape index (κ2) is 7.32. The standard InChI is InChI=1S/C26H18O3S/c1-29-19-12-8-17(9-13-19)26(28)21-14-15-23-25(20-4-2-3-5-22(20)30-23)24(21)16-6-10-18(27)11-7-16/h2-15,27H,1H3. The number of rotatable bonds is 4. The fourth-order valence-corrected chi connectivity index (χ4v) is 4.95. The summed E-state index contributed by atoms with van der Waals surface area (Å²) in [6.45, 7) is 0. The summed E-state index contributed by atoms with van der Waals surface area (Å²) in [6.07, 6.45) is 0. The van der Waals surface area contributed by atoms with E-state index in [1.54, 1.807) is 54.8 Å². The first-order valence-electron chi connectivity index (χ1n) is 9.58. The van der Waals surface area contributed by atoms with Gasteiger partial charge in [0.25, 0.3) is 0 Å². The molecule has 5 rings (SSSR count).